The molecule has 0 bridgehead atoms. The van der Waals surface area contributed by atoms with E-state index in [0.29, 0.717) is 22.9 Å². The first-order chi connectivity index (χ1) is 6.58. The van der Waals surface area contributed by atoms with Crippen LogP contribution >= 0.6 is 15.9 Å². The Morgan fingerprint density at radius 2 is 2.29 bits per heavy atom. The number of halogens is 1. The lowest BCUT2D eigenvalue weighted by Gasteiger charge is -2.03. The molecule has 1 rings (SSSR count). The van der Waals surface area contributed by atoms with E-state index in [0.717, 1.165) is 0 Å². The van der Waals surface area contributed by atoms with E-state index in [1.54, 1.807) is 6.07 Å². The molecule has 1 aromatic heterocycles. The molecule has 0 aromatic carbocycles. The van der Waals surface area contributed by atoms with Gasteiger partial charge in [-0.05, 0) is 29.8 Å². The quantitative estimate of drug-likeness (QED) is 0.643. The Kier molecular flexibility index (Phi) is 3.88. The maximum absolute atomic E-state index is 5.55. The lowest BCUT2D eigenvalue weighted by atomic mass is 10.3. The standard InChI is InChI=1S/C9H13BrN4/c1-6(2)3-4-12-9-13-7(10)5-8(11)14-9/h3,5H,4H2,1-2H3,(H3,11,12,13,14). The van der Waals surface area contributed by atoms with Crippen molar-refractivity contribution in [2.75, 3.05) is 17.6 Å². The Labute approximate surface area is 91.8 Å². The molecule has 1 aromatic rings. The Bertz CT molecular complexity index is 324. The number of hydrogen-bond acceptors (Lipinski definition) is 4. The van der Waals surface area contributed by atoms with Crippen LogP contribution in [0.1, 0.15) is 13.8 Å². The second kappa shape index (κ2) is 4.95. The summed E-state index contributed by atoms with van der Waals surface area (Å²) < 4.78 is 0.685. The number of nitrogens with two attached hydrogens (primary N) is 1. The molecular formula is C9H13BrN4. The van der Waals surface area contributed by atoms with Crippen molar-refractivity contribution in [3.05, 3.63) is 22.3 Å². The first-order valence-corrected chi connectivity index (χ1v) is 5.04. The molecule has 76 valence electrons. The van der Waals surface area contributed by atoms with Crippen molar-refractivity contribution in [1.82, 2.24) is 9.97 Å². The molecule has 0 aliphatic heterocycles. The van der Waals surface area contributed by atoms with Crippen LogP contribution in [0.3, 0.4) is 0 Å². The van der Waals surface area contributed by atoms with Gasteiger partial charge in [0.2, 0.25) is 5.95 Å². The Balaban J connectivity index is 2.63. The second-order valence-corrected chi connectivity index (χ2v) is 3.91. The van der Waals surface area contributed by atoms with Crippen LogP contribution in [0.5, 0.6) is 0 Å². The van der Waals surface area contributed by atoms with Gasteiger partial charge < -0.3 is 11.1 Å². The van der Waals surface area contributed by atoms with Crippen LogP contribution in [-0.2, 0) is 0 Å². The van der Waals surface area contributed by atoms with Crippen LogP contribution in [0.25, 0.3) is 0 Å². The van der Waals surface area contributed by atoms with Gasteiger partial charge in [-0.1, -0.05) is 11.6 Å². The molecule has 0 amide bonds. The summed E-state index contributed by atoms with van der Waals surface area (Å²) in [5.41, 5.74) is 6.80. The maximum atomic E-state index is 5.55. The predicted octanol–water partition coefficient (Wildman–Crippen LogP) is 2.20. The minimum Gasteiger partial charge on any atom is -0.383 e. The summed E-state index contributed by atoms with van der Waals surface area (Å²) >= 11 is 3.25. The van der Waals surface area contributed by atoms with Crippen molar-refractivity contribution in [1.29, 1.82) is 0 Å². The van der Waals surface area contributed by atoms with Gasteiger partial charge in [0.15, 0.2) is 0 Å². The number of nitrogens with zero attached hydrogens (tertiary/aromatic N) is 2. The number of allylic oxidation sites excluding steroid dienone is 1. The van der Waals surface area contributed by atoms with Gasteiger partial charge >= 0.3 is 0 Å². The third-order valence-electron chi connectivity index (χ3n) is 1.49. The molecule has 0 saturated heterocycles. The zero-order chi connectivity index (χ0) is 10.6. The molecule has 3 N–H and O–H groups in total. The summed E-state index contributed by atoms with van der Waals surface area (Å²) in [7, 11) is 0. The van der Waals surface area contributed by atoms with Gasteiger partial charge in [-0.15, -0.1) is 0 Å². The molecule has 5 heteroatoms. The second-order valence-electron chi connectivity index (χ2n) is 3.10. The maximum Gasteiger partial charge on any atom is 0.225 e. The smallest absolute Gasteiger partial charge is 0.225 e. The SMILES string of the molecule is CC(C)=CCNc1nc(N)cc(Br)n1. The van der Waals surface area contributed by atoms with Gasteiger partial charge in [0.1, 0.15) is 10.4 Å². The molecular weight excluding hydrogens is 244 g/mol. The summed E-state index contributed by atoms with van der Waals surface area (Å²) in [5.74, 6) is 0.987. The van der Waals surface area contributed by atoms with E-state index in [-0.39, 0.29) is 0 Å². The summed E-state index contributed by atoms with van der Waals surface area (Å²) in [4.78, 5) is 8.14. The monoisotopic (exact) mass is 256 g/mol. The molecule has 0 aliphatic rings. The highest BCUT2D eigenvalue weighted by atomic mass is 79.9. The first kappa shape index (κ1) is 11.0. The van der Waals surface area contributed by atoms with Crippen molar-refractivity contribution >= 4 is 27.7 Å². The van der Waals surface area contributed by atoms with Crippen LogP contribution in [-0.4, -0.2) is 16.5 Å². The Morgan fingerprint density at radius 3 is 2.86 bits per heavy atom. The molecule has 0 radical (unpaired) electrons. The fourth-order valence-electron chi connectivity index (χ4n) is 0.861. The number of nitrogen functional groups attached to an aromatic ring is 1. The molecule has 4 nitrogen and oxygen atoms in total. The summed E-state index contributed by atoms with van der Waals surface area (Å²) in [6.07, 6.45) is 2.06. The molecule has 0 fully saturated rings. The Hall–Kier alpha value is -1.10. The van der Waals surface area contributed by atoms with Crippen LogP contribution in [0.2, 0.25) is 0 Å². The van der Waals surface area contributed by atoms with Gasteiger partial charge in [-0.2, -0.15) is 4.98 Å². The Morgan fingerprint density at radius 1 is 1.57 bits per heavy atom. The van der Waals surface area contributed by atoms with Crippen LogP contribution < -0.4 is 11.1 Å². The fourth-order valence-corrected chi connectivity index (χ4v) is 1.26. The van der Waals surface area contributed by atoms with Crippen molar-refractivity contribution in [3.8, 4) is 0 Å². The van der Waals surface area contributed by atoms with E-state index in [1.807, 2.05) is 13.8 Å². The molecule has 0 unspecified atom stereocenters. The summed E-state index contributed by atoms with van der Waals surface area (Å²) in [6.45, 7) is 4.79. The number of hydrogen-bond donors (Lipinski definition) is 2. The molecule has 1 heterocycles. The van der Waals surface area contributed by atoms with Crippen molar-refractivity contribution in [2.45, 2.75) is 13.8 Å². The predicted molar refractivity (Wildman–Crippen MR) is 62.1 cm³/mol. The lowest BCUT2D eigenvalue weighted by Crippen LogP contribution is -2.05. The van der Waals surface area contributed by atoms with E-state index in [2.05, 4.69) is 37.3 Å². The fraction of sp³-hybridized carbons (Fsp3) is 0.333. The first-order valence-electron chi connectivity index (χ1n) is 4.25. The van der Waals surface area contributed by atoms with Gasteiger partial charge in [0.25, 0.3) is 0 Å². The molecule has 0 spiro atoms. The van der Waals surface area contributed by atoms with E-state index in [9.17, 15) is 0 Å². The third-order valence-corrected chi connectivity index (χ3v) is 1.89. The summed E-state index contributed by atoms with van der Waals surface area (Å²) in [5, 5.41) is 3.05. The zero-order valence-electron chi connectivity index (χ0n) is 8.21. The molecule has 14 heavy (non-hydrogen) atoms. The van der Waals surface area contributed by atoms with Crippen LogP contribution in [0.15, 0.2) is 22.3 Å². The normalized spacial score (nSPS) is 9.64. The van der Waals surface area contributed by atoms with E-state index in [1.165, 1.54) is 5.57 Å². The van der Waals surface area contributed by atoms with E-state index < -0.39 is 0 Å². The molecule has 0 atom stereocenters. The third kappa shape index (κ3) is 3.74. The highest BCUT2D eigenvalue weighted by Gasteiger charge is 1.98. The van der Waals surface area contributed by atoms with Crippen molar-refractivity contribution < 1.29 is 0 Å². The van der Waals surface area contributed by atoms with Gasteiger partial charge in [-0.3, -0.25) is 0 Å². The molecule has 0 aliphatic carbocycles. The minimum atomic E-state index is 0.451. The van der Waals surface area contributed by atoms with Crippen LogP contribution in [0.4, 0.5) is 11.8 Å². The summed E-state index contributed by atoms with van der Waals surface area (Å²) in [6, 6.07) is 1.66. The number of nitrogens with one attached hydrogen (secondary N) is 1. The van der Waals surface area contributed by atoms with Gasteiger partial charge in [0.05, 0.1) is 0 Å². The molecule has 0 saturated carbocycles. The zero-order valence-corrected chi connectivity index (χ0v) is 9.80. The van der Waals surface area contributed by atoms with E-state index >= 15 is 0 Å². The highest BCUT2D eigenvalue weighted by Crippen LogP contribution is 2.11. The average molecular weight is 257 g/mol. The lowest BCUT2D eigenvalue weighted by molar-refractivity contribution is 1.10. The topological polar surface area (TPSA) is 63.8 Å². The van der Waals surface area contributed by atoms with Gasteiger partial charge in [0, 0.05) is 12.6 Å². The van der Waals surface area contributed by atoms with Crippen molar-refractivity contribution in [2.24, 2.45) is 0 Å². The highest BCUT2D eigenvalue weighted by molar-refractivity contribution is 9.10. The number of aromatic nitrogens is 2. The number of rotatable bonds is 3. The number of anilines is 2. The largest absolute Gasteiger partial charge is 0.383 e. The van der Waals surface area contributed by atoms with Gasteiger partial charge in [-0.25, -0.2) is 4.98 Å². The van der Waals surface area contributed by atoms with Crippen LogP contribution in [0, 0.1) is 0 Å². The average Bonchev–Trinajstić information content (AvgIpc) is 2.01. The van der Waals surface area contributed by atoms with Crippen molar-refractivity contribution in [3.63, 3.8) is 0 Å². The minimum absolute atomic E-state index is 0.451. The van der Waals surface area contributed by atoms with E-state index in [4.69, 9.17) is 5.73 Å².